The van der Waals surface area contributed by atoms with Crippen LogP contribution in [0.15, 0.2) is 116 Å². The molecular formula is C86H88F9N21O7. The number of hydrogen-bond donors (Lipinski definition) is 7. The van der Waals surface area contributed by atoms with Gasteiger partial charge in [0.15, 0.2) is 69.6 Å². The van der Waals surface area contributed by atoms with Crippen molar-refractivity contribution in [3.63, 3.8) is 0 Å². The number of fused-ring (bicyclic) bond motifs is 3. The average Bonchev–Trinajstić information content (AvgIpc) is 1.75. The van der Waals surface area contributed by atoms with Crippen molar-refractivity contribution < 1.29 is 73.2 Å². The summed E-state index contributed by atoms with van der Waals surface area (Å²) in [6, 6.07) is 24.5. The summed E-state index contributed by atoms with van der Waals surface area (Å²) in [6.07, 6.45) is 1.30. The van der Waals surface area contributed by atoms with Gasteiger partial charge < -0.3 is 94.3 Å². The predicted octanol–water partition coefficient (Wildman–Crippen LogP) is 14.5. The van der Waals surface area contributed by atoms with E-state index in [0.29, 0.717) is 93.8 Å². The van der Waals surface area contributed by atoms with Crippen LogP contribution in [0.1, 0.15) is 78.5 Å². The topological polar surface area (TPSA) is 289 Å². The van der Waals surface area contributed by atoms with Crippen LogP contribution in [-0.2, 0) is 12.8 Å². The SMILES string of the molecule is Cc1cc2c(F)c(Oc3ncnc(Nc4ccc(N5CCN(C)CC5)c(C(F)(F)F)c4)c3C(=O)N3CCC3)cc(F)c2[nH]1.Cc1cc2c(F)c(Oc3ncnc(Nc4ccc(N5CCN(C)CC5)cc4CO)c3C(=O)N3CCC3)cc(F)c2[nH]1.Cc1cc2c(F)c(Oc3ncnc(Nc4cccc(N5CCN(C)CC5)c4)c3C(=O)N3CCC3)cc(F)c2[nH]1. The number of aromatic nitrogens is 9. The first kappa shape index (κ1) is 83.6. The minimum absolute atomic E-state index is 0.00983. The molecule has 3 amide bonds. The Kier molecular flexibility index (Phi) is 23.9. The zero-order valence-corrected chi connectivity index (χ0v) is 68.0. The number of anilines is 9. The first-order valence-electron chi connectivity index (χ1n) is 40.2. The van der Waals surface area contributed by atoms with E-state index in [1.165, 1.54) is 47.9 Å². The van der Waals surface area contributed by atoms with Gasteiger partial charge in [0.05, 0.1) is 28.7 Å². The van der Waals surface area contributed by atoms with E-state index in [9.17, 15) is 45.8 Å². The minimum atomic E-state index is -4.65. The number of aliphatic hydroxyl groups is 1. The molecule has 7 N–H and O–H groups in total. The molecule has 6 saturated heterocycles. The van der Waals surface area contributed by atoms with Crippen LogP contribution in [0.3, 0.4) is 0 Å². The van der Waals surface area contributed by atoms with Crippen LogP contribution >= 0.6 is 0 Å². The van der Waals surface area contributed by atoms with Gasteiger partial charge in [0, 0.05) is 209 Å². The zero-order valence-electron chi connectivity index (χ0n) is 68.0. The number of nitrogens with zero attached hydrogens (tertiary/aromatic N) is 15. The van der Waals surface area contributed by atoms with Gasteiger partial charge >= 0.3 is 6.18 Å². The molecular weight excluding hydrogens is 1610 g/mol. The highest BCUT2D eigenvalue weighted by molar-refractivity contribution is 6.04. The van der Waals surface area contributed by atoms with Crippen LogP contribution in [0, 0.1) is 55.7 Å². The van der Waals surface area contributed by atoms with Gasteiger partial charge in [0.2, 0.25) is 17.6 Å². The molecule has 123 heavy (non-hydrogen) atoms. The number of hydrogen-bond acceptors (Lipinski definition) is 22. The lowest BCUT2D eigenvalue weighted by molar-refractivity contribution is -0.137. The van der Waals surface area contributed by atoms with Gasteiger partial charge in [0.1, 0.15) is 35.7 Å². The Morgan fingerprint density at radius 3 is 1.15 bits per heavy atom. The molecule has 0 bridgehead atoms. The van der Waals surface area contributed by atoms with E-state index in [1.807, 2.05) is 54.4 Å². The molecule has 6 fully saturated rings. The van der Waals surface area contributed by atoms with Gasteiger partial charge in [-0.15, -0.1) is 0 Å². The van der Waals surface area contributed by atoms with E-state index in [-0.39, 0.29) is 114 Å². The Bertz CT molecular complexity index is 5990. The standard InChI is InChI=1S/C29H28F5N7O2.C29H31F2N7O3.C28H29F2N7O2/c1-16-12-18-24(31)22(14-20(30)25(18)37-16)43-27-23(28(42)41-6-3-7-41)26(35-15-36-27)38-17-4-5-21(19(13-17)29(32,33)34)40-10-8-39(2)9-11-40;1-17-12-20-25(31)23(14-21(30)26(20)34-17)41-28-24(29(40)38-6-3-7-38)27(32-16-33-28)35-22-5-4-19(13-18(22)15-39)37-10-8-36(2)9-11-37;1-17-13-20-24(30)22(15-21(29)25(20)33-17)39-27-23(28(38)37-7-4-8-37)26(31-16-32-27)34-18-5-3-6-19(14-18)36-11-9-35(2)10-12-36/h4-5,12-15,37H,3,6-11H2,1-2H3,(H,35,36,38);4-5,12-14,16,34,39H,3,6-11,15H2,1-2H3,(H,32,33,35);3,5-6,13-16,33H,4,7-12H2,1-2H3,(H,31,32,34). The number of likely N-dealkylation sites (N-methyl/N-ethyl adjacent to an activating group) is 3. The van der Waals surface area contributed by atoms with E-state index in [1.54, 1.807) is 35.5 Å². The summed E-state index contributed by atoms with van der Waals surface area (Å²) < 4.78 is 150. The van der Waals surface area contributed by atoms with Gasteiger partial charge in [-0.3, -0.25) is 14.4 Å². The number of nitrogens with one attached hydrogen (secondary N) is 6. The lowest BCUT2D eigenvalue weighted by Crippen LogP contribution is -2.45. The third kappa shape index (κ3) is 17.8. The Morgan fingerprint density at radius 1 is 0.423 bits per heavy atom. The maximum atomic E-state index is 15.4. The van der Waals surface area contributed by atoms with Crippen LogP contribution in [0.25, 0.3) is 32.7 Å². The number of aliphatic hydroxyl groups excluding tert-OH is 1. The molecule has 642 valence electrons. The number of alkyl halides is 3. The number of carbonyl (C=O) groups is 3. The van der Waals surface area contributed by atoms with Gasteiger partial charge in [0.25, 0.3) is 17.7 Å². The van der Waals surface area contributed by atoms with Crippen molar-refractivity contribution in [1.82, 2.24) is 74.3 Å². The van der Waals surface area contributed by atoms with E-state index in [2.05, 4.69) is 94.5 Å². The highest BCUT2D eigenvalue weighted by Gasteiger charge is 2.39. The summed E-state index contributed by atoms with van der Waals surface area (Å²) in [6.45, 7) is 17.5. The van der Waals surface area contributed by atoms with Crippen molar-refractivity contribution in [2.45, 2.75) is 52.8 Å². The second-order valence-electron chi connectivity index (χ2n) is 31.2. The van der Waals surface area contributed by atoms with Crippen molar-refractivity contribution >= 4 is 102 Å². The largest absolute Gasteiger partial charge is 0.435 e. The number of piperazine rings is 3. The van der Waals surface area contributed by atoms with Crippen molar-refractivity contribution in [2.75, 3.05) is 170 Å². The number of halogens is 9. The van der Waals surface area contributed by atoms with E-state index >= 15 is 13.2 Å². The molecule has 0 spiro atoms. The molecule has 28 nitrogen and oxygen atoms in total. The number of aryl methyl sites for hydroxylation is 3. The molecule has 0 radical (unpaired) electrons. The summed E-state index contributed by atoms with van der Waals surface area (Å²) in [7, 11) is 6.11. The number of ether oxygens (including phenoxy) is 3. The minimum Gasteiger partial charge on any atom is -0.435 e. The molecule has 12 heterocycles. The monoisotopic (exact) mass is 1700 g/mol. The number of likely N-dealkylation sites (tertiary alicyclic amines) is 3. The average molecular weight is 1700 g/mol. The number of benzene rings is 6. The van der Waals surface area contributed by atoms with Crippen molar-refractivity contribution in [1.29, 1.82) is 0 Å². The van der Waals surface area contributed by atoms with Crippen molar-refractivity contribution in [3.05, 3.63) is 196 Å². The van der Waals surface area contributed by atoms with Crippen molar-refractivity contribution in [2.24, 2.45) is 0 Å². The predicted molar refractivity (Wildman–Crippen MR) is 446 cm³/mol. The number of aromatic amines is 3. The summed E-state index contributed by atoms with van der Waals surface area (Å²) in [4.78, 5) is 91.6. The second kappa shape index (κ2) is 35.2. The van der Waals surface area contributed by atoms with E-state index in [4.69, 9.17) is 14.2 Å². The first-order valence-corrected chi connectivity index (χ1v) is 40.2. The zero-order chi connectivity index (χ0) is 86.2. The second-order valence-corrected chi connectivity index (χ2v) is 31.2. The van der Waals surface area contributed by atoms with Gasteiger partial charge in [-0.25, -0.2) is 56.2 Å². The normalized spacial score (nSPS) is 15.9. The molecule has 12 aromatic rings. The third-order valence-corrected chi connectivity index (χ3v) is 22.6. The fraction of sp³-hybridized carbons (Fsp3) is 0.337. The molecule has 6 aliphatic heterocycles. The molecule has 0 unspecified atom stereocenters. The number of carbonyl (C=O) groups excluding carboxylic acids is 3. The van der Waals surface area contributed by atoms with E-state index < -0.39 is 70.0 Å². The fourth-order valence-corrected chi connectivity index (χ4v) is 15.3. The molecule has 6 aromatic heterocycles. The van der Waals surface area contributed by atoms with Crippen LogP contribution in [0.5, 0.6) is 34.9 Å². The molecule has 6 aliphatic rings. The molecule has 37 heteroatoms. The Balaban J connectivity index is 0.000000137. The molecule has 0 atom stereocenters. The third-order valence-electron chi connectivity index (χ3n) is 22.6. The summed E-state index contributed by atoms with van der Waals surface area (Å²) in [5, 5.41) is 19.5. The number of H-pyrrole nitrogens is 3. The summed E-state index contributed by atoms with van der Waals surface area (Å²) >= 11 is 0. The maximum absolute atomic E-state index is 15.4. The van der Waals surface area contributed by atoms with Crippen molar-refractivity contribution in [3.8, 4) is 34.9 Å². The number of amides is 3. The fourth-order valence-electron chi connectivity index (χ4n) is 15.3. The van der Waals surface area contributed by atoms with Crippen LogP contribution < -0.4 is 44.9 Å². The molecule has 6 aromatic carbocycles. The summed E-state index contributed by atoms with van der Waals surface area (Å²) in [5.74, 6) is -7.60. The Morgan fingerprint density at radius 2 is 0.789 bits per heavy atom. The quantitative estimate of drug-likeness (QED) is 0.0370. The van der Waals surface area contributed by atoms with E-state index in [0.717, 1.165) is 119 Å². The maximum Gasteiger partial charge on any atom is 0.418 e. The smallest absolute Gasteiger partial charge is 0.418 e. The van der Waals surface area contributed by atoms with Crippen LogP contribution in [0.4, 0.5) is 91.1 Å². The Hall–Kier alpha value is -13.0. The van der Waals surface area contributed by atoms with Gasteiger partial charge in [-0.2, -0.15) is 13.2 Å². The molecule has 0 aliphatic carbocycles. The first-order chi connectivity index (χ1) is 59.2. The van der Waals surface area contributed by atoms with Gasteiger partial charge in [-0.05, 0) is 134 Å². The molecule has 18 rings (SSSR count). The number of rotatable bonds is 19. The highest BCUT2D eigenvalue weighted by Crippen LogP contribution is 2.44. The van der Waals surface area contributed by atoms with Crippen LogP contribution in [0.2, 0.25) is 0 Å². The van der Waals surface area contributed by atoms with Crippen LogP contribution in [-0.4, -0.2) is 236 Å². The highest BCUT2D eigenvalue weighted by atomic mass is 19.4. The molecule has 0 saturated carbocycles. The lowest BCUT2D eigenvalue weighted by atomic mass is 10.1. The summed E-state index contributed by atoms with van der Waals surface area (Å²) in [5.41, 5.74) is 4.81. The lowest BCUT2D eigenvalue weighted by Gasteiger charge is -2.35. The van der Waals surface area contributed by atoms with Gasteiger partial charge in [-0.1, -0.05) is 6.07 Å². The Labute approximate surface area is 699 Å².